The lowest BCUT2D eigenvalue weighted by Crippen LogP contribution is -2.41. The van der Waals surface area contributed by atoms with Gasteiger partial charge >= 0.3 is 0 Å². The minimum Gasteiger partial charge on any atom is -0.497 e. The molecule has 8 heteroatoms. The van der Waals surface area contributed by atoms with Gasteiger partial charge in [-0.05, 0) is 63.5 Å². The number of rotatable bonds is 6. The number of benzene rings is 1. The Hall–Kier alpha value is -3.00. The Bertz CT molecular complexity index is 957. The molecule has 0 spiro atoms. The van der Waals surface area contributed by atoms with Crippen LogP contribution in [0.5, 0.6) is 5.75 Å². The van der Waals surface area contributed by atoms with Crippen LogP contribution in [0, 0.1) is 6.92 Å². The van der Waals surface area contributed by atoms with Gasteiger partial charge in [0, 0.05) is 30.9 Å². The van der Waals surface area contributed by atoms with E-state index in [9.17, 15) is 9.59 Å². The predicted octanol–water partition coefficient (Wildman–Crippen LogP) is 2.85. The van der Waals surface area contributed by atoms with Crippen LogP contribution in [0.2, 0.25) is 0 Å². The molecule has 4 rings (SSSR count). The molecule has 2 aliphatic rings. The average molecular weight is 438 g/mol. The molecule has 2 saturated heterocycles. The topological polar surface area (TPSA) is 87.7 Å². The Morgan fingerprint density at radius 1 is 1.12 bits per heavy atom. The molecule has 1 N–H and O–H groups in total. The maximum atomic E-state index is 12.7. The van der Waals surface area contributed by atoms with E-state index in [0.717, 1.165) is 31.8 Å². The minimum absolute atomic E-state index is 0.109. The number of amides is 2. The van der Waals surface area contributed by atoms with Gasteiger partial charge in [-0.25, -0.2) is 9.97 Å². The molecule has 0 saturated carbocycles. The zero-order valence-electron chi connectivity index (χ0n) is 18.8. The molecule has 0 radical (unpaired) electrons. The minimum atomic E-state index is -0.246. The maximum Gasteiger partial charge on any atom is 0.259 e. The van der Waals surface area contributed by atoms with E-state index in [2.05, 4.69) is 20.2 Å². The highest BCUT2D eigenvalue weighted by atomic mass is 16.5. The summed E-state index contributed by atoms with van der Waals surface area (Å²) < 4.78 is 5.14. The lowest BCUT2D eigenvalue weighted by molar-refractivity contribution is -0.131. The van der Waals surface area contributed by atoms with Gasteiger partial charge in [0.2, 0.25) is 5.91 Å². The van der Waals surface area contributed by atoms with Crippen molar-refractivity contribution in [2.24, 2.45) is 0 Å². The zero-order valence-corrected chi connectivity index (χ0v) is 18.8. The van der Waals surface area contributed by atoms with Gasteiger partial charge in [0.05, 0.1) is 24.9 Å². The number of anilines is 1. The number of nitrogens with one attached hydrogen (secondary N) is 1. The summed E-state index contributed by atoms with van der Waals surface area (Å²) >= 11 is 0. The van der Waals surface area contributed by atoms with Gasteiger partial charge < -0.3 is 15.0 Å². The number of nitrogens with zero attached hydrogens (tertiary/aromatic N) is 4. The van der Waals surface area contributed by atoms with Crippen molar-refractivity contribution < 1.29 is 14.3 Å². The van der Waals surface area contributed by atoms with Gasteiger partial charge in [-0.1, -0.05) is 6.42 Å². The molecule has 2 fully saturated rings. The number of aryl methyl sites for hydroxylation is 1. The average Bonchev–Trinajstić information content (AvgIpc) is 3.31. The normalized spacial score (nSPS) is 19.1. The summed E-state index contributed by atoms with van der Waals surface area (Å²) in [6, 6.07) is 7.16. The smallest absolute Gasteiger partial charge is 0.259 e. The van der Waals surface area contributed by atoms with E-state index in [0.29, 0.717) is 35.9 Å². The van der Waals surface area contributed by atoms with E-state index in [1.807, 2.05) is 11.8 Å². The molecule has 1 aromatic heterocycles. The third-order valence-electron chi connectivity index (χ3n) is 6.30. The first-order valence-electron chi connectivity index (χ1n) is 11.3. The first kappa shape index (κ1) is 22.2. The summed E-state index contributed by atoms with van der Waals surface area (Å²) in [5.74, 6) is 1.49. The Morgan fingerprint density at radius 2 is 1.88 bits per heavy atom. The third-order valence-corrected chi connectivity index (χ3v) is 6.30. The summed E-state index contributed by atoms with van der Waals surface area (Å²) in [6.45, 7) is 5.75. The van der Waals surface area contributed by atoms with Gasteiger partial charge in [0.25, 0.3) is 5.91 Å². The largest absolute Gasteiger partial charge is 0.497 e. The molecule has 2 amide bonds. The van der Waals surface area contributed by atoms with Crippen LogP contribution >= 0.6 is 0 Å². The van der Waals surface area contributed by atoms with Gasteiger partial charge in [0.15, 0.2) is 0 Å². The second-order valence-corrected chi connectivity index (χ2v) is 8.57. The molecular weight excluding hydrogens is 406 g/mol. The lowest BCUT2D eigenvalue weighted by atomic mass is 10.1. The molecule has 0 bridgehead atoms. The van der Waals surface area contributed by atoms with Crippen LogP contribution in [0.25, 0.3) is 0 Å². The Kier molecular flexibility index (Phi) is 6.99. The summed E-state index contributed by atoms with van der Waals surface area (Å²) in [5.41, 5.74) is 1.76. The molecule has 0 unspecified atom stereocenters. The number of ether oxygens (including phenoxy) is 1. The van der Waals surface area contributed by atoms with E-state index in [4.69, 9.17) is 4.74 Å². The fourth-order valence-electron chi connectivity index (χ4n) is 4.38. The summed E-state index contributed by atoms with van der Waals surface area (Å²) in [7, 11) is 1.60. The van der Waals surface area contributed by atoms with Crippen LogP contribution in [0.15, 0.2) is 30.5 Å². The van der Waals surface area contributed by atoms with E-state index in [-0.39, 0.29) is 17.7 Å². The van der Waals surface area contributed by atoms with Crippen molar-refractivity contribution in [2.75, 3.05) is 45.2 Å². The fraction of sp³-hybridized carbons (Fsp3) is 0.500. The van der Waals surface area contributed by atoms with Crippen molar-refractivity contribution in [3.8, 4) is 5.75 Å². The zero-order chi connectivity index (χ0) is 22.5. The van der Waals surface area contributed by atoms with Crippen LogP contribution in [-0.4, -0.2) is 71.4 Å². The highest BCUT2D eigenvalue weighted by Gasteiger charge is 2.30. The number of carbonyl (C=O) groups is 2. The second kappa shape index (κ2) is 10.1. The maximum absolute atomic E-state index is 12.7. The van der Waals surface area contributed by atoms with E-state index < -0.39 is 0 Å². The number of aromatic nitrogens is 2. The van der Waals surface area contributed by atoms with Crippen LogP contribution in [0.1, 0.15) is 53.5 Å². The van der Waals surface area contributed by atoms with Crippen LogP contribution in [0.3, 0.4) is 0 Å². The van der Waals surface area contributed by atoms with E-state index in [1.165, 1.54) is 19.3 Å². The second-order valence-electron chi connectivity index (χ2n) is 8.57. The summed E-state index contributed by atoms with van der Waals surface area (Å²) in [6.07, 6.45) is 6.07. The number of likely N-dealkylation sites (tertiary alicyclic amines) is 2. The Labute approximate surface area is 189 Å². The molecule has 170 valence electrons. The Balaban J connectivity index is 1.35. The molecular formula is C24H31N5O3. The standard InChI is InChI=1S/C24H31N5O3/c1-17-21(24(31)27-19-6-8-20(32-2)9-7-19)14-25-23(26-17)18-10-13-29(15-18)22(30)16-28-11-4-3-5-12-28/h6-9,14,18H,3-5,10-13,15-16H2,1-2H3,(H,27,31)/t18-/m0/s1. The van der Waals surface area contributed by atoms with Crippen LogP contribution in [0.4, 0.5) is 5.69 Å². The number of hydrogen-bond acceptors (Lipinski definition) is 6. The van der Waals surface area contributed by atoms with Crippen molar-refractivity contribution in [3.05, 3.63) is 47.5 Å². The summed E-state index contributed by atoms with van der Waals surface area (Å²) in [4.78, 5) is 38.7. The highest BCUT2D eigenvalue weighted by molar-refractivity contribution is 6.04. The predicted molar refractivity (Wildman–Crippen MR) is 122 cm³/mol. The van der Waals surface area contributed by atoms with Crippen LogP contribution in [-0.2, 0) is 4.79 Å². The number of carbonyl (C=O) groups excluding carboxylic acids is 2. The van der Waals surface area contributed by atoms with Gasteiger partial charge in [0.1, 0.15) is 11.6 Å². The van der Waals surface area contributed by atoms with E-state index in [1.54, 1.807) is 37.6 Å². The van der Waals surface area contributed by atoms with Gasteiger partial charge in [-0.15, -0.1) is 0 Å². The number of hydrogen-bond donors (Lipinski definition) is 1. The monoisotopic (exact) mass is 437 g/mol. The van der Waals surface area contributed by atoms with Gasteiger partial charge in [-0.3, -0.25) is 14.5 Å². The van der Waals surface area contributed by atoms with E-state index >= 15 is 0 Å². The first-order chi connectivity index (χ1) is 15.5. The SMILES string of the molecule is COc1ccc(NC(=O)c2cnc([C@H]3CCN(C(=O)CN4CCCCC4)C3)nc2C)cc1. The van der Waals surface area contributed by atoms with Crippen molar-refractivity contribution in [1.82, 2.24) is 19.8 Å². The highest BCUT2D eigenvalue weighted by Crippen LogP contribution is 2.26. The quantitative estimate of drug-likeness (QED) is 0.748. The molecule has 0 aliphatic carbocycles. The lowest BCUT2D eigenvalue weighted by Gasteiger charge is -2.27. The fourth-order valence-corrected chi connectivity index (χ4v) is 4.38. The molecule has 1 atom stereocenters. The van der Waals surface area contributed by atoms with Crippen molar-refractivity contribution in [2.45, 2.75) is 38.5 Å². The third kappa shape index (κ3) is 5.24. The molecule has 32 heavy (non-hydrogen) atoms. The summed E-state index contributed by atoms with van der Waals surface area (Å²) in [5, 5.41) is 2.87. The van der Waals surface area contributed by atoms with Crippen molar-refractivity contribution in [1.29, 1.82) is 0 Å². The molecule has 1 aromatic carbocycles. The van der Waals surface area contributed by atoms with Crippen molar-refractivity contribution in [3.63, 3.8) is 0 Å². The first-order valence-corrected chi connectivity index (χ1v) is 11.3. The van der Waals surface area contributed by atoms with Gasteiger partial charge in [-0.2, -0.15) is 0 Å². The number of methoxy groups -OCH3 is 1. The molecule has 8 nitrogen and oxygen atoms in total. The van der Waals surface area contributed by atoms with Crippen LogP contribution < -0.4 is 10.1 Å². The van der Waals surface area contributed by atoms with Crippen molar-refractivity contribution >= 4 is 17.5 Å². The molecule has 2 aliphatic heterocycles. The molecule has 3 heterocycles. The molecule has 2 aromatic rings. The Morgan fingerprint density at radius 3 is 2.56 bits per heavy atom. The number of piperidine rings is 1.